The average molecular weight is 205 g/mol. The van der Waals surface area contributed by atoms with Crippen LogP contribution in [0.2, 0.25) is 0 Å². The minimum Gasteiger partial charge on any atom is -0.496 e. The molecule has 0 radical (unpaired) electrons. The Hall–Kier alpha value is -1.56. The molecular weight excluding hydrogens is 193 g/mol. The summed E-state index contributed by atoms with van der Waals surface area (Å²) < 4.78 is 18.8. The van der Waals surface area contributed by atoms with Crippen molar-refractivity contribution < 1.29 is 9.13 Å². The summed E-state index contributed by atoms with van der Waals surface area (Å²) in [5, 5.41) is 9.01. The van der Waals surface area contributed by atoms with Gasteiger partial charge in [-0.15, -0.1) is 0 Å². The van der Waals surface area contributed by atoms with Crippen molar-refractivity contribution in [2.24, 2.45) is 0 Å². The van der Waals surface area contributed by atoms with Crippen LogP contribution in [-0.4, -0.2) is 7.11 Å². The van der Waals surface area contributed by atoms with Gasteiger partial charge < -0.3 is 4.74 Å². The van der Waals surface area contributed by atoms with Gasteiger partial charge >= 0.3 is 0 Å². The molecule has 0 spiro atoms. The van der Waals surface area contributed by atoms with Crippen LogP contribution in [0.1, 0.15) is 24.0 Å². The van der Waals surface area contributed by atoms with E-state index >= 15 is 0 Å². The van der Waals surface area contributed by atoms with Crippen LogP contribution < -0.4 is 4.74 Å². The van der Waals surface area contributed by atoms with Crippen molar-refractivity contribution in [2.75, 3.05) is 7.11 Å². The van der Waals surface area contributed by atoms with E-state index in [1.54, 1.807) is 20.1 Å². The molecule has 1 aromatic carbocycles. The monoisotopic (exact) mass is 205 g/mol. The van der Waals surface area contributed by atoms with Gasteiger partial charge in [0.25, 0.3) is 0 Å². The van der Waals surface area contributed by atoms with Gasteiger partial charge in [-0.2, -0.15) is 5.26 Å². The molecule has 1 aliphatic carbocycles. The number of benzene rings is 1. The van der Waals surface area contributed by atoms with Crippen LogP contribution in [0.3, 0.4) is 0 Å². The van der Waals surface area contributed by atoms with Crippen molar-refractivity contribution in [3.05, 3.63) is 29.1 Å². The molecule has 0 aromatic heterocycles. The number of halogens is 1. The number of nitriles is 1. The van der Waals surface area contributed by atoms with Gasteiger partial charge in [-0.25, -0.2) is 4.39 Å². The van der Waals surface area contributed by atoms with Gasteiger partial charge in [-0.1, -0.05) is 0 Å². The molecule has 15 heavy (non-hydrogen) atoms. The highest BCUT2D eigenvalue weighted by molar-refractivity contribution is 5.46. The van der Waals surface area contributed by atoms with E-state index in [-0.39, 0.29) is 5.82 Å². The molecule has 78 valence electrons. The maximum Gasteiger partial charge on any atom is 0.128 e. The van der Waals surface area contributed by atoms with E-state index in [2.05, 4.69) is 6.07 Å². The third kappa shape index (κ3) is 1.46. The predicted molar refractivity (Wildman–Crippen MR) is 54.2 cm³/mol. The van der Waals surface area contributed by atoms with E-state index in [1.807, 2.05) is 0 Å². The fourth-order valence-corrected chi connectivity index (χ4v) is 1.81. The SMILES string of the molecule is COc1cc(C2(C#N)CC2)c(F)cc1C. The molecule has 1 saturated carbocycles. The standard InChI is InChI=1S/C12H12FNO/c1-8-5-10(13)9(6-11(8)15-2)12(7-14)3-4-12/h5-6H,3-4H2,1-2H3. The first-order valence-corrected chi connectivity index (χ1v) is 4.89. The third-order valence-electron chi connectivity index (χ3n) is 2.96. The van der Waals surface area contributed by atoms with Crippen molar-refractivity contribution in [1.82, 2.24) is 0 Å². The van der Waals surface area contributed by atoms with Crippen molar-refractivity contribution in [2.45, 2.75) is 25.2 Å². The number of hydrogen-bond acceptors (Lipinski definition) is 2. The lowest BCUT2D eigenvalue weighted by atomic mass is 9.95. The van der Waals surface area contributed by atoms with Gasteiger partial charge in [0.2, 0.25) is 0 Å². The molecule has 2 nitrogen and oxygen atoms in total. The zero-order valence-electron chi connectivity index (χ0n) is 8.80. The maximum atomic E-state index is 13.7. The molecule has 0 N–H and O–H groups in total. The zero-order chi connectivity index (χ0) is 11.1. The summed E-state index contributed by atoms with van der Waals surface area (Å²) in [4.78, 5) is 0. The smallest absolute Gasteiger partial charge is 0.128 e. The number of ether oxygens (including phenoxy) is 1. The number of methoxy groups -OCH3 is 1. The molecule has 1 fully saturated rings. The normalized spacial score (nSPS) is 16.9. The molecule has 0 unspecified atom stereocenters. The molecule has 3 heteroatoms. The van der Waals surface area contributed by atoms with Crippen LogP contribution in [0, 0.1) is 24.1 Å². The summed E-state index contributed by atoms with van der Waals surface area (Å²) in [5.74, 6) is 0.347. The average Bonchev–Trinajstić information content (AvgIpc) is 2.99. The second kappa shape index (κ2) is 3.23. The van der Waals surface area contributed by atoms with Crippen LogP contribution >= 0.6 is 0 Å². The lowest BCUT2D eigenvalue weighted by Crippen LogP contribution is -2.07. The zero-order valence-corrected chi connectivity index (χ0v) is 8.80. The van der Waals surface area contributed by atoms with Crippen LogP contribution in [0.5, 0.6) is 5.75 Å². The predicted octanol–water partition coefficient (Wildman–Crippen LogP) is 2.70. The molecule has 0 aliphatic heterocycles. The van der Waals surface area contributed by atoms with E-state index in [9.17, 15) is 4.39 Å². The summed E-state index contributed by atoms with van der Waals surface area (Å²) in [6, 6.07) is 5.27. The van der Waals surface area contributed by atoms with E-state index < -0.39 is 5.41 Å². The summed E-state index contributed by atoms with van der Waals surface area (Å²) in [6.07, 6.45) is 1.49. The van der Waals surface area contributed by atoms with E-state index in [0.29, 0.717) is 11.3 Å². The highest BCUT2D eigenvalue weighted by Gasteiger charge is 2.47. The first-order chi connectivity index (χ1) is 7.13. The van der Waals surface area contributed by atoms with Crippen molar-refractivity contribution in [3.8, 4) is 11.8 Å². The lowest BCUT2D eigenvalue weighted by molar-refractivity contribution is 0.409. The Kier molecular flexibility index (Phi) is 2.15. The topological polar surface area (TPSA) is 33.0 Å². The molecular formula is C12H12FNO. The molecule has 0 saturated heterocycles. The second-order valence-corrected chi connectivity index (χ2v) is 4.00. The minimum atomic E-state index is -0.592. The van der Waals surface area contributed by atoms with Crippen LogP contribution in [0.15, 0.2) is 12.1 Å². The Morgan fingerprint density at radius 3 is 2.60 bits per heavy atom. The fourth-order valence-electron chi connectivity index (χ4n) is 1.81. The molecule has 1 aromatic rings. The Morgan fingerprint density at radius 1 is 1.47 bits per heavy atom. The summed E-state index contributed by atoms with van der Waals surface area (Å²) >= 11 is 0. The van der Waals surface area contributed by atoms with Gasteiger partial charge in [-0.05, 0) is 37.5 Å². The first-order valence-electron chi connectivity index (χ1n) is 4.89. The third-order valence-corrected chi connectivity index (χ3v) is 2.96. The molecule has 1 aliphatic rings. The van der Waals surface area contributed by atoms with Crippen LogP contribution in [-0.2, 0) is 5.41 Å². The number of rotatable bonds is 2. The number of nitrogens with zero attached hydrogens (tertiary/aromatic N) is 1. The number of aryl methyl sites for hydroxylation is 1. The Bertz CT molecular complexity index is 444. The van der Waals surface area contributed by atoms with Gasteiger partial charge in [0, 0.05) is 5.56 Å². The molecule has 0 amide bonds. The first kappa shape index (κ1) is 9.97. The number of hydrogen-bond donors (Lipinski definition) is 0. The van der Waals surface area contributed by atoms with Gasteiger partial charge in [0.15, 0.2) is 0 Å². The molecule has 0 bridgehead atoms. The summed E-state index contributed by atoms with van der Waals surface area (Å²) in [7, 11) is 1.55. The van der Waals surface area contributed by atoms with Crippen LogP contribution in [0.25, 0.3) is 0 Å². The quantitative estimate of drug-likeness (QED) is 0.743. The largest absolute Gasteiger partial charge is 0.496 e. The van der Waals surface area contributed by atoms with Crippen LogP contribution in [0.4, 0.5) is 4.39 Å². The van der Waals surface area contributed by atoms with Crippen molar-refractivity contribution in [3.63, 3.8) is 0 Å². The molecule has 0 heterocycles. The van der Waals surface area contributed by atoms with Crippen molar-refractivity contribution in [1.29, 1.82) is 5.26 Å². The van der Waals surface area contributed by atoms with Gasteiger partial charge in [0.1, 0.15) is 11.6 Å². The van der Waals surface area contributed by atoms with Gasteiger partial charge in [-0.3, -0.25) is 0 Å². The van der Waals surface area contributed by atoms with Gasteiger partial charge in [0.05, 0.1) is 18.6 Å². The fraction of sp³-hybridized carbons (Fsp3) is 0.417. The van der Waals surface area contributed by atoms with Crippen molar-refractivity contribution >= 4 is 0 Å². The Balaban J connectivity index is 2.54. The minimum absolute atomic E-state index is 0.299. The maximum absolute atomic E-state index is 13.7. The Labute approximate surface area is 88.3 Å². The Morgan fingerprint density at radius 2 is 2.13 bits per heavy atom. The second-order valence-electron chi connectivity index (χ2n) is 4.00. The summed E-state index contributed by atoms with van der Waals surface area (Å²) in [6.45, 7) is 1.79. The van der Waals surface area contributed by atoms with E-state index in [4.69, 9.17) is 10.00 Å². The lowest BCUT2D eigenvalue weighted by Gasteiger charge is -2.12. The highest BCUT2D eigenvalue weighted by atomic mass is 19.1. The van der Waals surface area contributed by atoms with E-state index in [0.717, 1.165) is 18.4 Å². The van der Waals surface area contributed by atoms with E-state index in [1.165, 1.54) is 6.07 Å². The molecule has 0 atom stereocenters. The summed E-state index contributed by atoms with van der Waals surface area (Å²) in [5.41, 5.74) is 0.644. The molecule has 2 rings (SSSR count). The highest BCUT2D eigenvalue weighted by Crippen LogP contribution is 2.49.